The molecule has 2 aromatic rings. The molecule has 2 unspecified atom stereocenters. The third kappa shape index (κ3) is 3.59. The van der Waals surface area contributed by atoms with E-state index in [0.717, 1.165) is 23.3 Å². The fourth-order valence-electron chi connectivity index (χ4n) is 4.13. The number of hydrogen-bond donors (Lipinski definition) is 1. The van der Waals surface area contributed by atoms with Gasteiger partial charge in [0.15, 0.2) is 0 Å². The zero-order chi connectivity index (χ0) is 21.4. The molecule has 30 heavy (non-hydrogen) atoms. The quantitative estimate of drug-likeness (QED) is 0.470. The van der Waals surface area contributed by atoms with Crippen molar-refractivity contribution < 1.29 is 19.4 Å². The smallest absolute Gasteiger partial charge is 0.295 e. The molecule has 1 saturated heterocycles. The molecule has 2 heterocycles. The lowest BCUT2D eigenvalue weighted by Crippen LogP contribution is -2.35. The van der Waals surface area contributed by atoms with Gasteiger partial charge in [0, 0.05) is 25.1 Å². The molecule has 1 fully saturated rings. The van der Waals surface area contributed by atoms with Crippen LogP contribution in [0, 0.1) is 0 Å². The largest absolute Gasteiger partial charge is 0.507 e. The Bertz CT molecular complexity index is 1010. The van der Waals surface area contributed by atoms with E-state index in [2.05, 4.69) is 0 Å². The summed E-state index contributed by atoms with van der Waals surface area (Å²) < 4.78 is 5.74. The highest BCUT2D eigenvalue weighted by Crippen LogP contribution is 2.40. The minimum absolute atomic E-state index is 0.0818. The molecular weight excluding hydrogens is 380 g/mol. The number of amides is 1. The number of nitrogens with zero attached hydrogens (tertiary/aromatic N) is 2. The van der Waals surface area contributed by atoms with Gasteiger partial charge in [-0.25, -0.2) is 0 Å². The summed E-state index contributed by atoms with van der Waals surface area (Å²) in [5.74, 6) is -0.572. The molecule has 6 nitrogen and oxygen atoms in total. The average Bonchev–Trinajstić information content (AvgIpc) is 3.22. The molecule has 156 valence electrons. The number of ketones is 1. The van der Waals surface area contributed by atoms with Crippen LogP contribution in [0.5, 0.6) is 5.75 Å². The average molecular weight is 406 g/mol. The Morgan fingerprint density at radius 1 is 1.17 bits per heavy atom. The molecule has 0 aromatic heterocycles. The molecule has 0 radical (unpaired) electrons. The zero-order valence-corrected chi connectivity index (χ0v) is 17.5. The van der Waals surface area contributed by atoms with Crippen LogP contribution in [0.2, 0.25) is 0 Å². The van der Waals surface area contributed by atoms with Gasteiger partial charge >= 0.3 is 0 Å². The van der Waals surface area contributed by atoms with E-state index in [4.69, 9.17) is 4.74 Å². The van der Waals surface area contributed by atoms with Crippen molar-refractivity contribution in [1.82, 2.24) is 9.80 Å². The number of ether oxygens (including phenoxy) is 1. The van der Waals surface area contributed by atoms with Gasteiger partial charge in [0.05, 0.1) is 11.6 Å². The first-order valence-electron chi connectivity index (χ1n) is 10.1. The second-order valence-electron chi connectivity index (χ2n) is 8.16. The molecule has 2 aromatic carbocycles. The normalized spacial score (nSPS) is 22.5. The van der Waals surface area contributed by atoms with Crippen LogP contribution in [-0.2, 0) is 16.0 Å². The van der Waals surface area contributed by atoms with Gasteiger partial charge in [-0.15, -0.1) is 0 Å². The molecule has 0 saturated carbocycles. The Morgan fingerprint density at radius 2 is 1.90 bits per heavy atom. The van der Waals surface area contributed by atoms with Gasteiger partial charge in [-0.1, -0.05) is 30.3 Å². The number of rotatable bonds is 5. The summed E-state index contributed by atoms with van der Waals surface area (Å²) >= 11 is 0. The Kier molecular flexibility index (Phi) is 5.35. The number of fused-ring (bicyclic) bond motifs is 1. The maximum Gasteiger partial charge on any atom is 0.295 e. The number of aliphatic hydroxyl groups is 1. The third-order valence-corrected chi connectivity index (χ3v) is 5.61. The predicted octanol–water partition coefficient (Wildman–Crippen LogP) is 2.99. The molecular formula is C24H26N2O4. The molecule has 0 spiro atoms. The van der Waals surface area contributed by atoms with Crippen molar-refractivity contribution in [2.45, 2.75) is 25.5 Å². The molecule has 1 N–H and O–H groups in total. The van der Waals surface area contributed by atoms with E-state index in [1.54, 1.807) is 11.0 Å². The second kappa shape index (κ2) is 7.95. The van der Waals surface area contributed by atoms with Crippen LogP contribution in [0.4, 0.5) is 0 Å². The highest BCUT2D eigenvalue weighted by atomic mass is 16.5. The molecule has 1 amide bonds. The standard InChI is InChI=1S/C24H26N2O4/c1-15-13-18-14-17(9-10-19(18)30-15)22(27)20-21(16-7-5-4-6-8-16)26(12-11-25(2)3)24(29)23(20)28/h4-10,14-15,21,27H,11-13H2,1-3H3. The van der Waals surface area contributed by atoms with Crippen LogP contribution in [0.1, 0.15) is 29.7 Å². The first-order valence-corrected chi connectivity index (χ1v) is 10.1. The number of carbonyl (C=O) groups is 2. The van der Waals surface area contributed by atoms with E-state index in [0.29, 0.717) is 18.7 Å². The lowest BCUT2D eigenvalue weighted by Gasteiger charge is -2.26. The summed E-state index contributed by atoms with van der Waals surface area (Å²) in [4.78, 5) is 29.4. The van der Waals surface area contributed by atoms with Gasteiger partial charge in [-0.2, -0.15) is 0 Å². The molecule has 2 aliphatic heterocycles. The molecule has 4 rings (SSSR count). The number of aliphatic hydroxyl groups excluding tert-OH is 1. The highest BCUT2D eigenvalue weighted by Gasteiger charge is 2.45. The number of Topliss-reactive ketones (excluding diaryl/α,β-unsaturated/α-hetero) is 1. The van der Waals surface area contributed by atoms with E-state index in [-0.39, 0.29) is 17.4 Å². The monoisotopic (exact) mass is 406 g/mol. The van der Waals surface area contributed by atoms with Gasteiger partial charge in [-0.05, 0) is 50.3 Å². The van der Waals surface area contributed by atoms with Gasteiger partial charge in [0.2, 0.25) is 0 Å². The van der Waals surface area contributed by atoms with Crippen molar-refractivity contribution in [3.05, 3.63) is 70.8 Å². The number of likely N-dealkylation sites (tertiary alicyclic amines) is 1. The summed E-state index contributed by atoms with van der Waals surface area (Å²) in [6.07, 6.45) is 0.828. The molecule has 0 bridgehead atoms. The van der Waals surface area contributed by atoms with E-state index in [9.17, 15) is 14.7 Å². The summed E-state index contributed by atoms with van der Waals surface area (Å²) in [5.41, 5.74) is 2.45. The van der Waals surface area contributed by atoms with Crippen molar-refractivity contribution in [1.29, 1.82) is 0 Å². The Hall–Kier alpha value is -3.12. The zero-order valence-electron chi connectivity index (χ0n) is 17.5. The van der Waals surface area contributed by atoms with Crippen LogP contribution in [0.25, 0.3) is 5.76 Å². The summed E-state index contributed by atoms with van der Waals surface area (Å²) in [6.45, 7) is 3.00. The number of likely N-dealkylation sites (N-methyl/N-ethyl adjacent to an activating group) is 1. The lowest BCUT2D eigenvalue weighted by molar-refractivity contribution is -0.140. The summed E-state index contributed by atoms with van der Waals surface area (Å²) in [6, 6.07) is 14.2. The Labute approximate surface area is 176 Å². The first kappa shape index (κ1) is 20.2. The molecule has 2 aliphatic rings. The third-order valence-electron chi connectivity index (χ3n) is 5.61. The fourth-order valence-corrected chi connectivity index (χ4v) is 4.13. The number of hydrogen-bond acceptors (Lipinski definition) is 5. The van der Waals surface area contributed by atoms with E-state index in [1.807, 2.05) is 68.4 Å². The summed E-state index contributed by atoms with van der Waals surface area (Å²) in [7, 11) is 3.84. The minimum atomic E-state index is -0.648. The molecule has 2 atom stereocenters. The van der Waals surface area contributed by atoms with Crippen LogP contribution in [-0.4, -0.2) is 59.9 Å². The van der Waals surface area contributed by atoms with Gasteiger partial charge in [-0.3, -0.25) is 9.59 Å². The van der Waals surface area contributed by atoms with Crippen LogP contribution in [0.15, 0.2) is 54.1 Å². The molecule has 0 aliphatic carbocycles. The van der Waals surface area contributed by atoms with Crippen molar-refractivity contribution in [3.8, 4) is 5.75 Å². The summed E-state index contributed by atoms with van der Waals surface area (Å²) in [5, 5.41) is 11.2. The highest BCUT2D eigenvalue weighted by molar-refractivity contribution is 6.46. The van der Waals surface area contributed by atoms with Crippen molar-refractivity contribution in [2.24, 2.45) is 0 Å². The predicted molar refractivity (Wildman–Crippen MR) is 114 cm³/mol. The van der Waals surface area contributed by atoms with Gasteiger partial charge in [0.1, 0.15) is 17.6 Å². The second-order valence-corrected chi connectivity index (χ2v) is 8.16. The topological polar surface area (TPSA) is 70.1 Å². The first-order chi connectivity index (χ1) is 14.4. The Morgan fingerprint density at radius 3 is 2.60 bits per heavy atom. The van der Waals surface area contributed by atoms with E-state index >= 15 is 0 Å². The Balaban J connectivity index is 1.80. The number of benzene rings is 2. The van der Waals surface area contributed by atoms with Crippen molar-refractivity contribution in [3.63, 3.8) is 0 Å². The van der Waals surface area contributed by atoms with Crippen molar-refractivity contribution >= 4 is 17.4 Å². The van der Waals surface area contributed by atoms with E-state index in [1.165, 1.54) is 0 Å². The molecule has 6 heteroatoms. The van der Waals surface area contributed by atoms with Gasteiger partial charge < -0.3 is 19.6 Å². The van der Waals surface area contributed by atoms with E-state index < -0.39 is 17.7 Å². The van der Waals surface area contributed by atoms with Gasteiger partial charge in [0.25, 0.3) is 11.7 Å². The van der Waals surface area contributed by atoms with Crippen LogP contribution < -0.4 is 4.74 Å². The maximum atomic E-state index is 13.0. The fraction of sp³-hybridized carbons (Fsp3) is 0.333. The minimum Gasteiger partial charge on any atom is -0.507 e. The van der Waals surface area contributed by atoms with Crippen molar-refractivity contribution in [2.75, 3.05) is 27.2 Å². The van der Waals surface area contributed by atoms with Crippen LogP contribution >= 0.6 is 0 Å². The number of carbonyl (C=O) groups excluding carboxylic acids is 2. The lowest BCUT2D eigenvalue weighted by atomic mass is 9.94. The SMILES string of the molecule is CC1Cc2cc(C(O)=C3C(=O)C(=O)N(CCN(C)C)C3c3ccccc3)ccc2O1. The maximum absolute atomic E-state index is 13.0. The van der Waals surface area contributed by atoms with Crippen LogP contribution in [0.3, 0.4) is 0 Å².